The van der Waals surface area contributed by atoms with E-state index < -0.39 is 12.5 Å². The van der Waals surface area contributed by atoms with Crippen LogP contribution in [0.4, 0.5) is 8.78 Å². The third kappa shape index (κ3) is 4.82. The Hall–Kier alpha value is -1.40. The van der Waals surface area contributed by atoms with Crippen molar-refractivity contribution in [3.63, 3.8) is 0 Å². The number of nitrogens with zero attached hydrogens (tertiary/aromatic N) is 1. The molecule has 3 rings (SSSR count). The van der Waals surface area contributed by atoms with Gasteiger partial charge in [0.15, 0.2) is 0 Å². The van der Waals surface area contributed by atoms with Crippen LogP contribution in [0.2, 0.25) is 0 Å². The van der Waals surface area contributed by atoms with Crippen molar-refractivity contribution in [2.45, 2.75) is 37.5 Å². The van der Waals surface area contributed by atoms with Crippen LogP contribution in [0, 0.1) is 0 Å². The van der Waals surface area contributed by atoms with Crippen molar-refractivity contribution < 1.29 is 18.3 Å². The van der Waals surface area contributed by atoms with Crippen LogP contribution in [-0.4, -0.2) is 50.0 Å². The minimum Gasteiger partial charge on any atom is -0.496 e. The number of alkyl halides is 2. The first-order valence-corrected chi connectivity index (χ1v) is 8.52. The van der Waals surface area contributed by atoms with Crippen molar-refractivity contribution in [1.29, 1.82) is 0 Å². The second-order valence-electron chi connectivity index (χ2n) is 6.69. The van der Waals surface area contributed by atoms with E-state index in [0.717, 1.165) is 31.5 Å². The molecule has 7 heteroatoms. The van der Waals surface area contributed by atoms with Crippen molar-refractivity contribution >= 4 is 18.3 Å². The lowest BCUT2D eigenvalue weighted by Gasteiger charge is -2.24. The van der Waals surface area contributed by atoms with Gasteiger partial charge in [-0.1, -0.05) is 12.1 Å². The highest BCUT2D eigenvalue weighted by molar-refractivity contribution is 5.85. The van der Waals surface area contributed by atoms with Gasteiger partial charge in [0.05, 0.1) is 20.1 Å². The molecule has 0 aromatic heterocycles. The number of nitrogens with one attached hydrogen (secondary N) is 1. The van der Waals surface area contributed by atoms with Gasteiger partial charge in [0.25, 0.3) is 5.92 Å². The van der Waals surface area contributed by atoms with Crippen LogP contribution in [0.25, 0.3) is 0 Å². The molecule has 1 amide bonds. The number of amides is 1. The van der Waals surface area contributed by atoms with Crippen LogP contribution in [-0.2, 0) is 11.2 Å². The molecule has 1 aromatic rings. The Morgan fingerprint density at radius 2 is 2.08 bits per heavy atom. The van der Waals surface area contributed by atoms with Gasteiger partial charge < -0.3 is 15.0 Å². The Morgan fingerprint density at radius 1 is 1.36 bits per heavy atom. The summed E-state index contributed by atoms with van der Waals surface area (Å²) in [7, 11) is 1.58. The van der Waals surface area contributed by atoms with Crippen LogP contribution >= 0.6 is 12.4 Å². The van der Waals surface area contributed by atoms with E-state index in [1.54, 1.807) is 7.11 Å². The van der Waals surface area contributed by atoms with E-state index in [1.165, 1.54) is 10.5 Å². The minimum absolute atomic E-state index is 0. The molecular weight excluding hydrogens is 350 g/mol. The SMILES string of the molecule is COc1cc(C2CCNCC2)ccc1CC(=O)N1CCC(F)(F)C1.Cl. The quantitative estimate of drug-likeness (QED) is 0.880. The molecular formula is C18H25ClF2N2O2. The van der Waals surface area contributed by atoms with Crippen LogP contribution in [0.15, 0.2) is 18.2 Å². The number of benzene rings is 1. The van der Waals surface area contributed by atoms with E-state index in [-0.39, 0.29) is 37.7 Å². The predicted molar refractivity (Wildman–Crippen MR) is 94.9 cm³/mol. The van der Waals surface area contributed by atoms with Crippen LogP contribution < -0.4 is 10.1 Å². The van der Waals surface area contributed by atoms with Gasteiger partial charge >= 0.3 is 0 Å². The molecule has 0 atom stereocenters. The lowest BCUT2D eigenvalue weighted by atomic mass is 9.89. The highest BCUT2D eigenvalue weighted by Crippen LogP contribution is 2.31. The number of piperidine rings is 1. The van der Waals surface area contributed by atoms with Crippen molar-refractivity contribution in [3.8, 4) is 5.75 Å². The standard InChI is InChI=1S/C18H24F2N2O2.ClH/c1-24-16-10-14(13-4-7-21-8-5-13)2-3-15(16)11-17(23)22-9-6-18(19,20)12-22;/h2-3,10,13,21H,4-9,11-12H2,1H3;1H. The predicted octanol–water partition coefficient (Wildman–Crippen LogP) is 2.99. The molecule has 0 saturated carbocycles. The van der Waals surface area contributed by atoms with Crippen molar-refractivity contribution in [3.05, 3.63) is 29.3 Å². The second-order valence-corrected chi connectivity index (χ2v) is 6.69. The van der Waals surface area contributed by atoms with Gasteiger partial charge in [0.1, 0.15) is 5.75 Å². The number of carbonyl (C=O) groups excluding carboxylic acids is 1. The third-order valence-corrected chi connectivity index (χ3v) is 4.99. The number of methoxy groups -OCH3 is 1. The van der Waals surface area contributed by atoms with Gasteiger partial charge in [0, 0.05) is 18.5 Å². The third-order valence-electron chi connectivity index (χ3n) is 4.99. The summed E-state index contributed by atoms with van der Waals surface area (Å²) in [6, 6.07) is 5.94. The highest BCUT2D eigenvalue weighted by Gasteiger charge is 2.40. The molecule has 2 heterocycles. The molecule has 0 radical (unpaired) electrons. The first-order valence-electron chi connectivity index (χ1n) is 8.52. The monoisotopic (exact) mass is 374 g/mol. The van der Waals surface area contributed by atoms with Crippen molar-refractivity contribution in [2.75, 3.05) is 33.3 Å². The summed E-state index contributed by atoms with van der Waals surface area (Å²) in [5, 5.41) is 3.35. The number of hydrogen-bond acceptors (Lipinski definition) is 3. The number of hydrogen-bond donors (Lipinski definition) is 1. The Morgan fingerprint density at radius 3 is 2.68 bits per heavy atom. The van der Waals surface area contributed by atoms with Crippen molar-refractivity contribution in [1.82, 2.24) is 10.2 Å². The first-order chi connectivity index (χ1) is 11.5. The van der Waals surface area contributed by atoms with Crippen LogP contribution in [0.5, 0.6) is 5.75 Å². The Labute approximate surface area is 153 Å². The van der Waals surface area contributed by atoms with E-state index in [2.05, 4.69) is 5.32 Å². The fourth-order valence-electron chi connectivity index (χ4n) is 3.54. The summed E-state index contributed by atoms with van der Waals surface area (Å²) in [4.78, 5) is 13.5. The summed E-state index contributed by atoms with van der Waals surface area (Å²) >= 11 is 0. The molecule has 2 fully saturated rings. The van der Waals surface area contributed by atoms with E-state index in [9.17, 15) is 13.6 Å². The molecule has 25 heavy (non-hydrogen) atoms. The van der Waals surface area contributed by atoms with Gasteiger partial charge in [-0.05, 0) is 43.5 Å². The van der Waals surface area contributed by atoms with Gasteiger partial charge in [0.2, 0.25) is 5.91 Å². The van der Waals surface area contributed by atoms with Crippen LogP contribution in [0.1, 0.15) is 36.3 Å². The Bertz CT molecular complexity index is 607. The average molecular weight is 375 g/mol. The van der Waals surface area contributed by atoms with E-state index in [0.29, 0.717) is 11.7 Å². The summed E-state index contributed by atoms with van der Waals surface area (Å²) in [6.45, 7) is 1.68. The first kappa shape index (κ1) is 19.9. The lowest BCUT2D eigenvalue weighted by molar-refractivity contribution is -0.130. The maximum Gasteiger partial charge on any atom is 0.267 e. The molecule has 0 unspecified atom stereocenters. The maximum absolute atomic E-state index is 13.3. The molecule has 0 bridgehead atoms. The molecule has 4 nitrogen and oxygen atoms in total. The second kappa shape index (κ2) is 8.32. The lowest BCUT2D eigenvalue weighted by Crippen LogP contribution is -2.32. The van der Waals surface area contributed by atoms with E-state index in [4.69, 9.17) is 4.74 Å². The topological polar surface area (TPSA) is 41.6 Å². The molecule has 2 aliphatic rings. The van der Waals surface area contributed by atoms with E-state index in [1.807, 2.05) is 18.2 Å². The van der Waals surface area contributed by atoms with Gasteiger partial charge in [-0.25, -0.2) is 8.78 Å². The largest absolute Gasteiger partial charge is 0.496 e. The molecule has 2 saturated heterocycles. The normalized spacial score (nSPS) is 20.2. The van der Waals surface area contributed by atoms with Crippen LogP contribution in [0.3, 0.4) is 0 Å². The fraction of sp³-hybridized carbons (Fsp3) is 0.611. The van der Waals surface area contributed by atoms with Gasteiger partial charge in [-0.3, -0.25) is 4.79 Å². The zero-order chi connectivity index (χ0) is 17.2. The summed E-state index contributed by atoms with van der Waals surface area (Å²) in [5.74, 6) is -1.84. The van der Waals surface area contributed by atoms with Gasteiger partial charge in [-0.15, -0.1) is 12.4 Å². The molecule has 2 aliphatic heterocycles. The molecule has 0 aliphatic carbocycles. The summed E-state index contributed by atoms with van der Waals surface area (Å²) < 4.78 is 32.0. The number of likely N-dealkylation sites (tertiary alicyclic amines) is 1. The smallest absolute Gasteiger partial charge is 0.267 e. The summed E-state index contributed by atoms with van der Waals surface area (Å²) in [5.41, 5.74) is 1.98. The van der Waals surface area contributed by atoms with Gasteiger partial charge in [-0.2, -0.15) is 0 Å². The molecule has 140 valence electrons. The average Bonchev–Trinajstić information content (AvgIpc) is 2.96. The number of carbonyl (C=O) groups is 1. The molecule has 0 spiro atoms. The molecule has 1 N–H and O–H groups in total. The zero-order valence-corrected chi connectivity index (χ0v) is 15.2. The Kier molecular flexibility index (Phi) is 6.63. The highest BCUT2D eigenvalue weighted by atomic mass is 35.5. The maximum atomic E-state index is 13.3. The number of halogens is 3. The fourth-order valence-corrected chi connectivity index (χ4v) is 3.54. The van der Waals surface area contributed by atoms with Crippen molar-refractivity contribution in [2.24, 2.45) is 0 Å². The number of ether oxygens (including phenoxy) is 1. The minimum atomic E-state index is -2.75. The molecule has 1 aromatic carbocycles. The van der Waals surface area contributed by atoms with E-state index >= 15 is 0 Å². The Balaban J connectivity index is 0.00000225. The zero-order valence-electron chi connectivity index (χ0n) is 14.4. The number of rotatable bonds is 4. The summed E-state index contributed by atoms with van der Waals surface area (Å²) in [6.07, 6.45) is 2.03.